The van der Waals surface area contributed by atoms with Crippen molar-refractivity contribution in [2.24, 2.45) is 0 Å². The molecule has 0 fully saturated rings. The van der Waals surface area contributed by atoms with E-state index in [1.807, 2.05) is 13.8 Å². The highest BCUT2D eigenvalue weighted by atomic mass is 16.9. The van der Waals surface area contributed by atoms with Crippen LogP contribution in [0.15, 0.2) is 0 Å². The van der Waals surface area contributed by atoms with Crippen LogP contribution in [0.25, 0.3) is 0 Å². The van der Waals surface area contributed by atoms with Gasteiger partial charge in [0.05, 0.1) is 0 Å². The zero-order valence-corrected chi connectivity index (χ0v) is 12.4. The van der Waals surface area contributed by atoms with E-state index in [1.54, 1.807) is 32.8 Å². The highest BCUT2D eigenvalue weighted by molar-refractivity contribution is 4.78. The highest BCUT2D eigenvalue weighted by Gasteiger charge is 2.58. The van der Waals surface area contributed by atoms with Crippen LogP contribution >= 0.6 is 0 Å². The smallest absolute Gasteiger partial charge is 0.338 e. The Labute approximate surface area is 110 Å². The second-order valence-electron chi connectivity index (χ2n) is 3.79. The average molecular weight is 265 g/mol. The van der Waals surface area contributed by atoms with E-state index >= 15 is 0 Å². The number of aliphatic hydroxyl groups is 1. The molecule has 0 radical (unpaired) electrons. The van der Waals surface area contributed by atoms with Gasteiger partial charge in [-0.2, -0.15) is 0 Å². The third-order valence-electron chi connectivity index (χ3n) is 2.35. The van der Waals surface area contributed by atoms with Crippen LogP contribution in [0.2, 0.25) is 0 Å². The van der Waals surface area contributed by atoms with Crippen molar-refractivity contribution in [2.45, 2.75) is 39.6 Å². The molecule has 6 heteroatoms. The maximum Gasteiger partial charge on any atom is 0.354 e. The summed E-state index contributed by atoms with van der Waals surface area (Å²) in [5.41, 5.74) is 0. The number of hydrogen-bond acceptors (Lipinski definition) is 6. The summed E-state index contributed by atoms with van der Waals surface area (Å²) in [6, 6.07) is 0. The van der Waals surface area contributed by atoms with Gasteiger partial charge in [0.25, 0.3) is 0 Å². The summed E-state index contributed by atoms with van der Waals surface area (Å²) in [6.07, 6.45) is 0. The fourth-order valence-corrected chi connectivity index (χ4v) is 1.77. The summed E-state index contributed by atoms with van der Waals surface area (Å²) in [7, 11) is 3.46. The molecule has 0 aliphatic heterocycles. The van der Waals surface area contributed by atoms with Gasteiger partial charge in [0.15, 0.2) is 0 Å². The van der Waals surface area contributed by atoms with Gasteiger partial charge in [-0.05, 0) is 41.8 Å². The fraction of sp³-hybridized carbons (Fsp3) is 1.00. The molecule has 0 saturated heterocycles. The van der Waals surface area contributed by atoms with Crippen molar-refractivity contribution in [3.05, 3.63) is 0 Å². The first kappa shape index (κ1) is 17.8. The van der Waals surface area contributed by atoms with Gasteiger partial charge in [-0.15, -0.1) is 0 Å². The molecule has 0 aliphatic rings. The lowest BCUT2D eigenvalue weighted by Crippen LogP contribution is -2.68. The molecule has 0 aromatic carbocycles. The molecule has 110 valence electrons. The number of likely N-dealkylation sites (N-methyl/N-ethyl adjacent to an activating group) is 1. The van der Waals surface area contributed by atoms with Crippen LogP contribution in [-0.2, 0) is 18.9 Å². The predicted molar refractivity (Wildman–Crippen MR) is 67.9 cm³/mol. The van der Waals surface area contributed by atoms with Gasteiger partial charge in [-0.3, -0.25) is 4.90 Å². The van der Waals surface area contributed by atoms with E-state index in [2.05, 4.69) is 0 Å². The van der Waals surface area contributed by atoms with Crippen LogP contribution in [0.1, 0.15) is 27.7 Å². The number of rotatable bonds is 10. The SMILES string of the molecule is CCOC(O)(OCC)C(OCC)(OCC)N(C)C. The molecule has 0 aromatic rings. The zero-order chi connectivity index (χ0) is 14.2. The standard InChI is InChI=1S/C12H27NO5/c1-7-15-11(13(5)6,16-8-2)12(14,17-9-3)18-10-4/h14H,7-10H2,1-6H3. The van der Waals surface area contributed by atoms with Crippen molar-refractivity contribution in [3.63, 3.8) is 0 Å². The molecule has 18 heavy (non-hydrogen) atoms. The minimum Gasteiger partial charge on any atom is -0.338 e. The molecular formula is C12H27NO5. The Morgan fingerprint density at radius 2 is 1.11 bits per heavy atom. The van der Waals surface area contributed by atoms with Gasteiger partial charge in [0.2, 0.25) is 0 Å². The van der Waals surface area contributed by atoms with Crippen LogP contribution in [0.4, 0.5) is 0 Å². The van der Waals surface area contributed by atoms with Crippen LogP contribution < -0.4 is 0 Å². The van der Waals surface area contributed by atoms with E-state index in [0.717, 1.165) is 0 Å². The Bertz CT molecular complexity index is 211. The van der Waals surface area contributed by atoms with Crippen molar-refractivity contribution in [1.82, 2.24) is 4.90 Å². The Kier molecular flexibility index (Phi) is 7.93. The van der Waals surface area contributed by atoms with E-state index in [-0.39, 0.29) is 13.2 Å². The summed E-state index contributed by atoms with van der Waals surface area (Å²) in [4.78, 5) is 1.60. The topological polar surface area (TPSA) is 60.4 Å². The molecule has 0 spiro atoms. The average Bonchev–Trinajstić information content (AvgIpc) is 2.28. The Morgan fingerprint density at radius 3 is 1.33 bits per heavy atom. The molecule has 0 rings (SSSR count). The largest absolute Gasteiger partial charge is 0.354 e. The van der Waals surface area contributed by atoms with Gasteiger partial charge >= 0.3 is 11.9 Å². The number of nitrogens with zero attached hydrogens (tertiary/aromatic N) is 1. The molecule has 6 nitrogen and oxygen atoms in total. The normalized spacial score (nSPS) is 13.3. The molecule has 0 amide bonds. The van der Waals surface area contributed by atoms with E-state index < -0.39 is 11.9 Å². The summed E-state index contributed by atoms with van der Waals surface area (Å²) in [5.74, 6) is -3.48. The molecule has 0 heterocycles. The van der Waals surface area contributed by atoms with Crippen LogP contribution in [0.3, 0.4) is 0 Å². The Morgan fingerprint density at radius 1 is 0.778 bits per heavy atom. The van der Waals surface area contributed by atoms with Gasteiger partial charge in [0, 0.05) is 26.4 Å². The fourth-order valence-electron chi connectivity index (χ4n) is 1.77. The van der Waals surface area contributed by atoms with Crippen molar-refractivity contribution in [3.8, 4) is 0 Å². The Balaban J connectivity index is 5.42. The van der Waals surface area contributed by atoms with Crippen LogP contribution in [0, 0.1) is 0 Å². The molecular weight excluding hydrogens is 238 g/mol. The minimum atomic E-state index is -1.98. The molecule has 0 aliphatic carbocycles. The maximum absolute atomic E-state index is 10.6. The molecule has 0 saturated carbocycles. The number of ether oxygens (including phenoxy) is 4. The Hall–Kier alpha value is -0.240. The molecule has 0 aromatic heterocycles. The van der Waals surface area contributed by atoms with Crippen molar-refractivity contribution >= 4 is 0 Å². The maximum atomic E-state index is 10.6. The summed E-state index contributed by atoms with van der Waals surface area (Å²) in [5, 5.41) is 10.6. The first-order valence-corrected chi connectivity index (χ1v) is 6.39. The molecule has 0 atom stereocenters. The van der Waals surface area contributed by atoms with Crippen molar-refractivity contribution < 1.29 is 24.1 Å². The second-order valence-corrected chi connectivity index (χ2v) is 3.79. The van der Waals surface area contributed by atoms with Crippen molar-refractivity contribution in [2.75, 3.05) is 40.5 Å². The second kappa shape index (κ2) is 8.04. The third-order valence-corrected chi connectivity index (χ3v) is 2.35. The van der Waals surface area contributed by atoms with Gasteiger partial charge < -0.3 is 24.1 Å². The van der Waals surface area contributed by atoms with Gasteiger partial charge in [0.1, 0.15) is 0 Å². The first-order valence-electron chi connectivity index (χ1n) is 6.39. The lowest BCUT2D eigenvalue weighted by Gasteiger charge is -2.47. The molecule has 0 bridgehead atoms. The third kappa shape index (κ3) is 3.63. The quantitative estimate of drug-likeness (QED) is 0.595. The molecule has 1 N–H and O–H groups in total. The minimum absolute atomic E-state index is 0.270. The zero-order valence-electron chi connectivity index (χ0n) is 12.4. The van der Waals surface area contributed by atoms with Gasteiger partial charge in [-0.25, -0.2) is 0 Å². The van der Waals surface area contributed by atoms with E-state index in [4.69, 9.17) is 18.9 Å². The highest BCUT2D eigenvalue weighted by Crippen LogP contribution is 2.32. The molecule has 0 unspecified atom stereocenters. The summed E-state index contributed by atoms with van der Waals surface area (Å²) >= 11 is 0. The summed E-state index contributed by atoms with van der Waals surface area (Å²) < 4.78 is 21.9. The van der Waals surface area contributed by atoms with E-state index in [9.17, 15) is 5.11 Å². The lowest BCUT2D eigenvalue weighted by molar-refractivity contribution is -0.516. The predicted octanol–water partition coefficient (Wildman–Crippen LogP) is 0.994. The van der Waals surface area contributed by atoms with E-state index in [0.29, 0.717) is 13.2 Å². The summed E-state index contributed by atoms with van der Waals surface area (Å²) in [6.45, 7) is 8.40. The first-order chi connectivity index (χ1) is 8.44. The van der Waals surface area contributed by atoms with Crippen molar-refractivity contribution in [1.29, 1.82) is 0 Å². The lowest BCUT2D eigenvalue weighted by atomic mass is 10.3. The monoisotopic (exact) mass is 265 g/mol. The van der Waals surface area contributed by atoms with Crippen LogP contribution in [0.5, 0.6) is 0 Å². The van der Waals surface area contributed by atoms with Crippen LogP contribution in [-0.4, -0.2) is 62.4 Å². The van der Waals surface area contributed by atoms with E-state index in [1.165, 1.54) is 0 Å². The van der Waals surface area contributed by atoms with Gasteiger partial charge in [-0.1, -0.05) is 0 Å². The number of hydrogen-bond donors (Lipinski definition) is 1.